The quantitative estimate of drug-likeness (QED) is 0.597. The van der Waals surface area contributed by atoms with Crippen molar-refractivity contribution in [1.82, 2.24) is 14.5 Å². The standard InChI is InChI=1S/C25H34N4O4S/c1-18(2)27-34(32,33)23-11-9-22(10-12-23)26-25(31)20(4)28-13-15-29(16-14-28)24(30)17-21-8-6-5-7-19(21)3/h5-12,18,20,27H,13-17H2,1-4H3,(H,26,31). The Bertz CT molecular complexity index is 1110. The number of anilines is 1. The molecular weight excluding hydrogens is 452 g/mol. The maximum absolute atomic E-state index is 12.8. The molecule has 2 amide bonds. The summed E-state index contributed by atoms with van der Waals surface area (Å²) in [5.74, 6) is -0.0661. The third-order valence-corrected chi connectivity index (χ3v) is 7.69. The Balaban J connectivity index is 1.51. The van der Waals surface area contributed by atoms with Crippen molar-refractivity contribution in [3.8, 4) is 0 Å². The first kappa shape index (κ1) is 25.9. The second-order valence-corrected chi connectivity index (χ2v) is 10.7. The lowest BCUT2D eigenvalue weighted by Crippen LogP contribution is -2.54. The van der Waals surface area contributed by atoms with Crippen LogP contribution in [-0.4, -0.2) is 68.3 Å². The molecule has 0 aliphatic carbocycles. The van der Waals surface area contributed by atoms with E-state index in [1.807, 2.05) is 43.0 Å². The minimum absolute atomic E-state index is 0.105. The smallest absolute Gasteiger partial charge is 0.241 e. The van der Waals surface area contributed by atoms with Gasteiger partial charge in [-0.3, -0.25) is 14.5 Å². The van der Waals surface area contributed by atoms with Crippen LogP contribution in [-0.2, 0) is 26.0 Å². The van der Waals surface area contributed by atoms with E-state index in [2.05, 4.69) is 14.9 Å². The molecule has 1 aliphatic heterocycles. The van der Waals surface area contributed by atoms with Gasteiger partial charge in [0.2, 0.25) is 21.8 Å². The number of carbonyl (C=O) groups is 2. The van der Waals surface area contributed by atoms with Gasteiger partial charge in [0.05, 0.1) is 17.4 Å². The van der Waals surface area contributed by atoms with E-state index in [1.54, 1.807) is 26.0 Å². The fourth-order valence-electron chi connectivity index (χ4n) is 3.95. The summed E-state index contributed by atoms with van der Waals surface area (Å²) in [4.78, 5) is 29.5. The average Bonchev–Trinajstić information content (AvgIpc) is 2.79. The Hall–Kier alpha value is -2.75. The van der Waals surface area contributed by atoms with Crippen LogP contribution in [0.4, 0.5) is 5.69 Å². The first-order valence-electron chi connectivity index (χ1n) is 11.6. The Kier molecular flexibility index (Phi) is 8.46. The molecule has 1 saturated heterocycles. The van der Waals surface area contributed by atoms with Crippen molar-refractivity contribution in [3.63, 3.8) is 0 Å². The van der Waals surface area contributed by atoms with Crippen LogP contribution >= 0.6 is 0 Å². The Morgan fingerprint density at radius 2 is 1.56 bits per heavy atom. The molecule has 1 atom stereocenters. The number of piperazine rings is 1. The highest BCUT2D eigenvalue weighted by molar-refractivity contribution is 7.89. The molecule has 1 aliphatic rings. The molecule has 1 fully saturated rings. The van der Waals surface area contributed by atoms with E-state index < -0.39 is 10.0 Å². The number of nitrogens with one attached hydrogen (secondary N) is 2. The summed E-state index contributed by atoms with van der Waals surface area (Å²) in [6.45, 7) is 9.76. The Morgan fingerprint density at radius 3 is 2.15 bits per heavy atom. The number of hydrogen-bond acceptors (Lipinski definition) is 5. The summed E-state index contributed by atoms with van der Waals surface area (Å²) < 4.78 is 27.0. The second kappa shape index (κ2) is 11.1. The van der Waals surface area contributed by atoms with Gasteiger partial charge in [-0.15, -0.1) is 0 Å². The molecule has 0 radical (unpaired) electrons. The zero-order valence-corrected chi connectivity index (χ0v) is 21.1. The maximum atomic E-state index is 12.8. The van der Waals surface area contributed by atoms with E-state index in [4.69, 9.17) is 0 Å². The van der Waals surface area contributed by atoms with E-state index in [9.17, 15) is 18.0 Å². The molecule has 34 heavy (non-hydrogen) atoms. The zero-order valence-electron chi connectivity index (χ0n) is 20.2. The molecule has 2 N–H and O–H groups in total. The molecule has 2 aromatic rings. The van der Waals surface area contributed by atoms with Crippen molar-refractivity contribution in [3.05, 3.63) is 59.7 Å². The monoisotopic (exact) mass is 486 g/mol. The summed E-state index contributed by atoms with van der Waals surface area (Å²) in [6, 6.07) is 13.5. The first-order valence-corrected chi connectivity index (χ1v) is 13.0. The van der Waals surface area contributed by atoms with Gasteiger partial charge in [-0.05, 0) is 63.1 Å². The molecule has 1 heterocycles. The highest BCUT2D eigenvalue weighted by atomic mass is 32.2. The molecule has 0 saturated carbocycles. The van der Waals surface area contributed by atoms with E-state index in [1.165, 1.54) is 12.1 Å². The van der Waals surface area contributed by atoms with Crippen LogP contribution in [0.15, 0.2) is 53.4 Å². The average molecular weight is 487 g/mol. The summed E-state index contributed by atoms with van der Waals surface area (Å²) in [5.41, 5.74) is 2.69. The van der Waals surface area contributed by atoms with Gasteiger partial charge in [0.1, 0.15) is 0 Å². The van der Waals surface area contributed by atoms with Gasteiger partial charge < -0.3 is 10.2 Å². The zero-order chi connectivity index (χ0) is 24.9. The van der Waals surface area contributed by atoms with Crippen LogP contribution in [0.3, 0.4) is 0 Å². The summed E-state index contributed by atoms with van der Waals surface area (Å²) >= 11 is 0. The predicted molar refractivity (Wildman–Crippen MR) is 133 cm³/mol. The minimum atomic E-state index is -3.58. The SMILES string of the molecule is Cc1ccccc1CC(=O)N1CCN(C(C)C(=O)Nc2ccc(S(=O)(=O)NC(C)C)cc2)CC1. The largest absolute Gasteiger partial charge is 0.340 e. The first-order chi connectivity index (χ1) is 16.1. The number of rotatable bonds is 8. The van der Waals surface area contributed by atoms with Crippen molar-refractivity contribution in [2.75, 3.05) is 31.5 Å². The molecule has 0 bridgehead atoms. The van der Waals surface area contributed by atoms with Gasteiger partial charge in [-0.1, -0.05) is 24.3 Å². The lowest BCUT2D eigenvalue weighted by atomic mass is 10.1. The van der Waals surface area contributed by atoms with E-state index in [0.29, 0.717) is 38.3 Å². The fraction of sp³-hybridized carbons (Fsp3) is 0.440. The van der Waals surface area contributed by atoms with E-state index >= 15 is 0 Å². The molecule has 3 rings (SSSR count). The fourth-order valence-corrected chi connectivity index (χ4v) is 5.20. The Morgan fingerprint density at radius 1 is 0.941 bits per heavy atom. The number of benzene rings is 2. The summed E-state index contributed by atoms with van der Waals surface area (Å²) in [6.07, 6.45) is 0.390. The normalized spacial score (nSPS) is 15.9. The summed E-state index contributed by atoms with van der Waals surface area (Å²) in [5, 5.41) is 2.85. The lowest BCUT2D eigenvalue weighted by Gasteiger charge is -2.37. The van der Waals surface area contributed by atoms with Crippen molar-refractivity contribution in [2.45, 2.75) is 51.1 Å². The van der Waals surface area contributed by atoms with Crippen LogP contribution in [0.2, 0.25) is 0 Å². The van der Waals surface area contributed by atoms with Crippen LogP contribution in [0, 0.1) is 6.92 Å². The number of amides is 2. The second-order valence-electron chi connectivity index (χ2n) is 8.99. The third kappa shape index (κ3) is 6.65. The van der Waals surface area contributed by atoms with Gasteiger partial charge in [0, 0.05) is 37.9 Å². The Labute approximate surface area is 202 Å². The van der Waals surface area contributed by atoms with Crippen LogP contribution in [0.1, 0.15) is 31.9 Å². The van der Waals surface area contributed by atoms with Crippen LogP contribution < -0.4 is 10.0 Å². The van der Waals surface area contributed by atoms with Crippen molar-refractivity contribution >= 4 is 27.5 Å². The van der Waals surface area contributed by atoms with Gasteiger partial charge in [-0.2, -0.15) is 0 Å². The molecule has 2 aromatic carbocycles. The molecule has 184 valence electrons. The number of sulfonamides is 1. The number of carbonyl (C=O) groups excluding carboxylic acids is 2. The molecule has 9 heteroatoms. The molecular formula is C25H34N4O4S. The van der Waals surface area contributed by atoms with Crippen LogP contribution in [0.5, 0.6) is 0 Å². The number of nitrogens with zero attached hydrogens (tertiary/aromatic N) is 2. The summed E-state index contributed by atoms with van der Waals surface area (Å²) in [7, 11) is -3.58. The molecule has 0 aromatic heterocycles. The van der Waals surface area contributed by atoms with Crippen molar-refractivity contribution in [1.29, 1.82) is 0 Å². The van der Waals surface area contributed by atoms with Gasteiger partial charge in [-0.25, -0.2) is 13.1 Å². The molecule has 8 nitrogen and oxygen atoms in total. The lowest BCUT2D eigenvalue weighted by molar-refractivity contribution is -0.133. The van der Waals surface area contributed by atoms with Crippen molar-refractivity contribution in [2.24, 2.45) is 0 Å². The van der Waals surface area contributed by atoms with Crippen molar-refractivity contribution < 1.29 is 18.0 Å². The number of aryl methyl sites for hydroxylation is 1. The highest BCUT2D eigenvalue weighted by Gasteiger charge is 2.27. The van der Waals surface area contributed by atoms with E-state index in [0.717, 1.165) is 11.1 Å². The maximum Gasteiger partial charge on any atom is 0.241 e. The minimum Gasteiger partial charge on any atom is -0.340 e. The molecule has 0 spiro atoms. The van der Waals surface area contributed by atoms with Gasteiger partial charge >= 0.3 is 0 Å². The predicted octanol–water partition coefficient (Wildman–Crippen LogP) is 2.40. The van der Waals surface area contributed by atoms with E-state index in [-0.39, 0.29) is 28.8 Å². The third-order valence-electron chi connectivity index (χ3n) is 6.02. The van der Waals surface area contributed by atoms with Gasteiger partial charge in [0.15, 0.2) is 0 Å². The topological polar surface area (TPSA) is 98.8 Å². The van der Waals surface area contributed by atoms with Crippen LogP contribution in [0.25, 0.3) is 0 Å². The molecule has 1 unspecified atom stereocenters. The highest BCUT2D eigenvalue weighted by Crippen LogP contribution is 2.16. The number of hydrogen-bond donors (Lipinski definition) is 2. The van der Waals surface area contributed by atoms with Gasteiger partial charge in [0.25, 0.3) is 0 Å².